The van der Waals surface area contributed by atoms with Gasteiger partial charge in [0.2, 0.25) is 5.89 Å². The third-order valence-corrected chi connectivity index (χ3v) is 2.35. The van der Waals surface area contributed by atoms with Crippen molar-refractivity contribution in [1.29, 1.82) is 0 Å². The van der Waals surface area contributed by atoms with E-state index in [1.54, 1.807) is 19.4 Å². The predicted octanol–water partition coefficient (Wildman–Crippen LogP) is 0.837. The minimum Gasteiger partial charge on any atom is -0.339 e. The molecule has 6 heteroatoms. The van der Waals surface area contributed by atoms with Gasteiger partial charge in [-0.2, -0.15) is 4.98 Å². The first-order valence-electron chi connectivity index (χ1n) is 5.21. The van der Waals surface area contributed by atoms with Crippen molar-refractivity contribution >= 4 is 0 Å². The zero-order chi connectivity index (χ0) is 11.5. The Morgan fingerprint density at radius 2 is 2.38 bits per heavy atom. The molecule has 6 nitrogen and oxygen atoms in total. The zero-order valence-electron chi connectivity index (χ0n) is 9.42. The van der Waals surface area contributed by atoms with Crippen molar-refractivity contribution in [2.24, 2.45) is 5.73 Å². The molecule has 0 radical (unpaired) electrons. The number of rotatable bonds is 4. The van der Waals surface area contributed by atoms with Gasteiger partial charge in [0, 0.05) is 25.2 Å². The van der Waals surface area contributed by atoms with Crippen LogP contribution in [0.5, 0.6) is 0 Å². The molecule has 2 aromatic rings. The van der Waals surface area contributed by atoms with Gasteiger partial charge in [-0.1, -0.05) is 5.16 Å². The topological polar surface area (TPSA) is 82.8 Å². The zero-order valence-corrected chi connectivity index (χ0v) is 9.42. The minimum atomic E-state index is -0.0214. The second-order valence-electron chi connectivity index (χ2n) is 3.79. The fourth-order valence-corrected chi connectivity index (χ4v) is 1.55. The van der Waals surface area contributed by atoms with E-state index >= 15 is 0 Å². The molecule has 0 aliphatic rings. The SMILES string of the molecule is Cc1noc(CCn2cncc2[C@H](C)N)n1. The molecule has 2 heterocycles. The molecule has 1 atom stereocenters. The third-order valence-electron chi connectivity index (χ3n) is 2.35. The minimum absolute atomic E-state index is 0.0214. The first kappa shape index (κ1) is 10.8. The Hall–Kier alpha value is -1.69. The Labute approximate surface area is 93.5 Å². The highest BCUT2D eigenvalue weighted by atomic mass is 16.5. The average Bonchev–Trinajstić information content (AvgIpc) is 2.83. The van der Waals surface area contributed by atoms with Crippen LogP contribution in [0.2, 0.25) is 0 Å². The molecule has 0 spiro atoms. The third kappa shape index (κ3) is 2.27. The van der Waals surface area contributed by atoms with Crippen molar-refractivity contribution in [2.45, 2.75) is 32.9 Å². The largest absolute Gasteiger partial charge is 0.339 e. The molecule has 16 heavy (non-hydrogen) atoms. The highest BCUT2D eigenvalue weighted by Crippen LogP contribution is 2.09. The lowest BCUT2D eigenvalue weighted by atomic mass is 10.2. The lowest BCUT2D eigenvalue weighted by Gasteiger charge is -2.08. The summed E-state index contributed by atoms with van der Waals surface area (Å²) in [5.74, 6) is 1.30. The van der Waals surface area contributed by atoms with Gasteiger partial charge < -0.3 is 14.8 Å². The van der Waals surface area contributed by atoms with Crippen molar-refractivity contribution in [3.05, 3.63) is 29.9 Å². The van der Waals surface area contributed by atoms with Gasteiger partial charge in [0.1, 0.15) is 0 Å². The molecule has 0 aliphatic carbocycles. The van der Waals surface area contributed by atoms with Crippen LogP contribution in [-0.2, 0) is 13.0 Å². The molecular formula is C10H15N5O. The summed E-state index contributed by atoms with van der Waals surface area (Å²) >= 11 is 0. The lowest BCUT2D eigenvalue weighted by Crippen LogP contribution is -2.12. The highest BCUT2D eigenvalue weighted by Gasteiger charge is 2.08. The lowest BCUT2D eigenvalue weighted by molar-refractivity contribution is 0.367. The summed E-state index contributed by atoms with van der Waals surface area (Å²) in [6, 6.07) is -0.0214. The molecule has 2 N–H and O–H groups in total. The van der Waals surface area contributed by atoms with E-state index in [2.05, 4.69) is 15.1 Å². The summed E-state index contributed by atoms with van der Waals surface area (Å²) in [7, 11) is 0. The van der Waals surface area contributed by atoms with Crippen LogP contribution in [0.4, 0.5) is 0 Å². The molecule has 0 bridgehead atoms. The summed E-state index contributed by atoms with van der Waals surface area (Å²) in [5.41, 5.74) is 6.83. The van der Waals surface area contributed by atoms with E-state index in [-0.39, 0.29) is 6.04 Å². The predicted molar refractivity (Wildman–Crippen MR) is 57.6 cm³/mol. The van der Waals surface area contributed by atoms with Crippen LogP contribution in [0.1, 0.15) is 30.4 Å². The smallest absolute Gasteiger partial charge is 0.228 e. The van der Waals surface area contributed by atoms with Crippen molar-refractivity contribution in [3.63, 3.8) is 0 Å². The number of nitrogens with zero attached hydrogens (tertiary/aromatic N) is 4. The van der Waals surface area contributed by atoms with Gasteiger partial charge in [-0.3, -0.25) is 0 Å². The summed E-state index contributed by atoms with van der Waals surface area (Å²) in [6.07, 6.45) is 4.24. The number of imidazole rings is 1. The number of hydrogen-bond donors (Lipinski definition) is 1. The van der Waals surface area contributed by atoms with Crippen LogP contribution in [-0.4, -0.2) is 19.7 Å². The second-order valence-corrected chi connectivity index (χ2v) is 3.79. The van der Waals surface area contributed by atoms with Gasteiger partial charge >= 0.3 is 0 Å². The van der Waals surface area contributed by atoms with Gasteiger partial charge in [0.25, 0.3) is 0 Å². The maximum absolute atomic E-state index is 5.82. The number of nitrogens with two attached hydrogens (primary N) is 1. The van der Waals surface area contributed by atoms with Crippen molar-refractivity contribution in [2.75, 3.05) is 0 Å². The fourth-order valence-electron chi connectivity index (χ4n) is 1.55. The molecular weight excluding hydrogens is 206 g/mol. The van der Waals surface area contributed by atoms with Crippen LogP contribution in [0.25, 0.3) is 0 Å². The Morgan fingerprint density at radius 1 is 1.56 bits per heavy atom. The summed E-state index contributed by atoms with van der Waals surface area (Å²) in [4.78, 5) is 8.22. The van der Waals surface area contributed by atoms with E-state index in [1.807, 2.05) is 11.5 Å². The van der Waals surface area contributed by atoms with Crippen LogP contribution in [0.15, 0.2) is 17.0 Å². The molecule has 0 saturated carbocycles. The van der Waals surface area contributed by atoms with Gasteiger partial charge in [-0.25, -0.2) is 4.98 Å². The van der Waals surface area contributed by atoms with E-state index < -0.39 is 0 Å². The molecule has 2 rings (SSSR count). The normalized spacial score (nSPS) is 12.9. The van der Waals surface area contributed by atoms with Gasteiger partial charge in [-0.05, 0) is 13.8 Å². The second kappa shape index (κ2) is 4.44. The van der Waals surface area contributed by atoms with E-state index in [0.717, 1.165) is 12.2 Å². The molecule has 86 valence electrons. The summed E-state index contributed by atoms with van der Waals surface area (Å²) in [6.45, 7) is 4.49. The van der Waals surface area contributed by atoms with Crippen LogP contribution >= 0.6 is 0 Å². The molecule has 2 aromatic heterocycles. The first-order valence-corrected chi connectivity index (χ1v) is 5.21. The highest BCUT2D eigenvalue weighted by molar-refractivity contribution is 5.03. The fraction of sp³-hybridized carbons (Fsp3) is 0.500. The van der Waals surface area contributed by atoms with Gasteiger partial charge in [0.15, 0.2) is 5.82 Å². The maximum atomic E-state index is 5.82. The van der Waals surface area contributed by atoms with Gasteiger partial charge in [-0.15, -0.1) is 0 Å². The van der Waals surface area contributed by atoms with Gasteiger partial charge in [0.05, 0.1) is 12.0 Å². The Kier molecular flexibility index (Phi) is 3.00. The molecule has 0 aromatic carbocycles. The molecule has 0 amide bonds. The van der Waals surface area contributed by atoms with Crippen LogP contribution in [0, 0.1) is 6.92 Å². The Bertz CT molecular complexity index is 459. The van der Waals surface area contributed by atoms with E-state index in [4.69, 9.17) is 10.3 Å². The molecule has 0 unspecified atom stereocenters. The van der Waals surface area contributed by atoms with Crippen LogP contribution < -0.4 is 5.73 Å². The Balaban J connectivity index is 2.02. The average molecular weight is 221 g/mol. The quantitative estimate of drug-likeness (QED) is 0.827. The number of aromatic nitrogens is 4. The Morgan fingerprint density at radius 3 is 3.00 bits per heavy atom. The van der Waals surface area contributed by atoms with E-state index in [1.165, 1.54) is 0 Å². The van der Waals surface area contributed by atoms with Crippen molar-refractivity contribution in [3.8, 4) is 0 Å². The van der Waals surface area contributed by atoms with Crippen molar-refractivity contribution in [1.82, 2.24) is 19.7 Å². The molecule has 0 saturated heterocycles. The van der Waals surface area contributed by atoms with E-state index in [9.17, 15) is 0 Å². The maximum Gasteiger partial charge on any atom is 0.228 e. The summed E-state index contributed by atoms with van der Waals surface area (Å²) < 4.78 is 7.04. The van der Waals surface area contributed by atoms with Crippen molar-refractivity contribution < 1.29 is 4.52 Å². The number of hydrogen-bond acceptors (Lipinski definition) is 5. The first-order chi connectivity index (χ1) is 7.66. The summed E-state index contributed by atoms with van der Waals surface area (Å²) in [5, 5.41) is 3.74. The monoisotopic (exact) mass is 221 g/mol. The molecule has 0 fully saturated rings. The molecule has 0 aliphatic heterocycles. The van der Waals surface area contributed by atoms with E-state index in [0.29, 0.717) is 18.1 Å². The standard InChI is InChI=1S/C10H15N5O/c1-7(11)9-5-12-6-15(9)4-3-10-13-8(2)14-16-10/h5-7H,3-4,11H2,1-2H3/t7-/m0/s1. The van der Waals surface area contributed by atoms with Crippen LogP contribution in [0.3, 0.4) is 0 Å². The number of aryl methyl sites for hydroxylation is 3.